The fraction of sp³-hybridized carbons (Fsp3) is 0.444. The van der Waals surface area contributed by atoms with Crippen LogP contribution in [0.1, 0.15) is 43.5 Å². The molecule has 26 heavy (non-hydrogen) atoms. The van der Waals surface area contributed by atoms with Crippen LogP contribution in [0.2, 0.25) is 5.02 Å². The van der Waals surface area contributed by atoms with Gasteiger partial charge in [-0.3, -0.25) is 0 Å². The van der Waals surface area contributed by atoms with Gasteiger partial charge in [-0.2, -0.15) is 5.10 Å². The third-order valence-corrected chi connectivity index (χ3v) is 4.07. The van der Waals surface area contributed by atoms with E-state index in [1.807, 2.05) is 0 Å². The largest absolute Gasteiger partial charge is 0.462 e. The highest BCUT2D eigenvalue weighted by atomic mass is 35.5. The summed E-state index contributed by atoms with van der Waals surface area (Å²) in [5, 5.41) is 18.1. The van der Waals surface area contributed by atoms with E-state index >= 15 is 0 Å². The van der Waals surface area contributed by atoms with Gasteiger partial charge in [-0.15, -0.1) is 0 Å². The predicted molar refractivity (Wildman–Crippen MR) is 103 cm³/mol. The summed E-state index contributed by atoms with van der Waals surface area (Å²) in [5.41, 5.74) is 6.93. The molecule has 0 radical (unpaired) electrons. The molecule has 7 nitrogen and oxygen atoms in total. The van der Waals surface area contributed by atoms with Crippen molar-refractivity contribution in [2.45, 2.75) is 45.8 Å². The molecule has 1 aromatic heterocycles. The third kappa shape index (κ3) is 5.12. The zero-order valence-corrected chi connectivity index (χ0v) is 15.8. The number of aliphatic hydroxyl groups excluding tert-OH is 1. The minimum absolute atomic E-state index is 0.148. The Morgan fingerprint density at radius 1 is 1.46 bits per heavy atom. The van der Waals surface area contributed by atoms with Gasteiger partial charge in [-0.05, 0) is 31.5 Å². The maximum atomic E-state index is 12.3. The first-order chi connectivity index (χ1) is 12.5. The summed E-state index contributed by atoms with van der Waals surface area (Å²) < 4.78 is 6.52. The molecular formula is C18H25ClN4O3. The number of carbonyl (C=O) groups excluding carboxylic acids is 1. The number of hydrogen-bond donors (Lipinski definition) is 3. The molecule has 0 spiro atoms. The lowest BCUT2D eigenvalue weighted by molar-refractivity contribution is 0.0528. The third-order valence-electron chi connectivity index (χ3n) is 3.83. The fourth-order valence-electron chi connectivity index (χ4n) is 2.54. The van der Waals surface area contributed by atoms with Gasteiger partial charge in [-0.25, -0.2) is 9.48 Å². The monoisotopic (exact) mass is 380 g/mol. The van der Waals surface area contributed by atoms with Crippen molar-refractivity contribution >= 4 is 34.9 Å². The highest BCUT2D eigenvalue weighted by molar-refractivity contribution is 6.30. The number of aliphatic hydroxyl groups is 1. The van der Waals surface area contributed by atoms with Crippen molar-refractivity contribution in [3.05, 3.63) is 34.9 Å². The summed E-state index contributed by atoms with van der Waals surface area (Å²) in [6.45, 7) is 4.20. The van der Waals surface area contributed by atoms with Gasteiger partial charge in [0.1, 0.15) is 11.4 Å². The smallest absolute Gasteiger partial charge is 0.345 e. The van der Waals surface area contributed by atoms with Gasteiger partial charge >= 0.3 is 5.97 Å². The highest BCUT2D eigenvalue weighted by Gasteiger charge is 2.24. The number of hydrogen-bond acceptors (Lipinski definition) is 6. The molecule has 4 N–H and O–H groups in total. The van der Waals surface area contributed by atoms with Crippen LogP contribution < -0.4 is 11.1 Å². The van der Waals surface area contributed by atoms with Crippen LogP contribution in [-0.4, -0.2) is 33.6 Å². The molecule has 1 atom stereocenters. The van der Waals surface area contributed by atoms with Crippen molar-refractivity contribution in [2.75, 3.05) is 17.7 Å². The van der Waals surface area contributed by atoms with Crippen molar-refractivity contribution in [3.63, 3.8) is 0 Å². The van der Waals surface area contributed by atoms with E-state index in [9.17, 15) is 9.90 Å². The second kappa shape index (κ2) is 9.45. The Morgan fingerprint density at radius 2 is 2.23 bits per heavy atom. The lowest BCUT2D eigenvalue weighted by Gasteiger charge is -2.11. The van der Waals surface area contributed by atoms with E-state index in [-0.39, 0.29) is 30.4 Å². The average molecular weight is 381 g/mol. The Bertz CT molecular complexity index is 748. The van der Waals surface area contributed by atoms with Crippen LogP contribution in [0, 0.1) is 0 Å². The highest BCUT2D eigenvalue weighted by Crippen LogP contribution is 2.27. The van der Waals surface area contributed by atoms with E-state index in [0.717, 1.165) is 12.8 Å². The normalized spacial score (nSPS) is 12.0. The Hall–Kier alpha value is -2.25. The molecule has 0 aliphatic carbocycles. The SMILES string of the molecule is CCCCC(O)Cn1nc(Nc2cccc(Cl)c2)c(C(=O)OCC)c1N. The minimum Gasteiger partial charge on any atom is -0.462 e. The number of unbranched alkanes of at least 4 members (excludes halogenated alkanes) is 1. The number of carbonyl (C=O) groups is 1. The van der Waals surface area contributed by atoms with Crippen molar-refractivity contribution in [3.8, 4) is 0 Å². The second-order valence-corrected chi connectivity index (χ2v) is 6.38. The first-order valence-electron chi connectivity index (χ1n) is 8.70. The molecule has 0 saturated heterocycles. The van der Waals surface area contributed by atoms with E-state index < -0.39 is 12.1 Å². The molecular weight excluding hydrogens is 356 g/mol. The van der Waals surface area contributed by atoms with E-state index in [1.165, 1.54) is 4.68 Å². The van der Waals surface area contributed by atoms with Crippen molar-refractivity contribution in [2.24, 2.45) is 0 Å². The number of halogens is 1. The number of ether oxygens (including phenoxy) is 1. The van der Waals surface area contributed by atoms with E-state index in [1.54, 1.807) is 31.2 Å². The van der Waals surface area contributed by atoms with Crippen molar-refractivity contribution < 1.29 is 14.6 Å². The summed E-state index contributed by atoms with van der Waals surface area (Å²) in [4.78, 5) is 12.3. The molecule has 2 rings (SSSR count). The molecule has 8 heteroatoms. The number of esters is 1. The Kier molecular flexibility index (Phi) is 7.29. The molecule has 1 heterocycles. The quantitative estimate of drug-likeness (QED) is 0.574. The van der Waals surface area contributed by atoms with Gasteiger partial charge in [-0.1, -0.05) is 37.4 Å². The molecule has 1 unspecified atom stereocenters. The van der Waals surface area contributed by atoms with Crippen LogP contribution in [-0.2, 0) is 11.3 Å². The van der Waals surface area contributed by atoms with E-state index in [0.29, 0.717) is 17.1 Å². The van der Waals surface area contributed by atoms with Crippen LogP contribution in [0.5, 0.6) is 0 Å². The Labute approximate surface area is 158 Å². The van der Waals surface area contributed by atoms with Crippen molar-refractivity contribution in [1.29, 1.82) is 0 Å². The average Bonchev–Trinajstić information content (AvgIpc) is 2.88. The van der Waals surface area contributed by atoms with E-state index in [2.05, 4.69) is 17.3 Å². The number of aromatic nitrogens is 2. The van der Waals surface area contributed by atoms with Gasteiger partial charge in [0.05, 0.1) is 19.3 Å². The van der Waals surface area contributed by atoms with E-state index in [4.69, 9.17) is 22.1 Å². The first kappa shape index (κ1) is 20.1. The number of benzene rings is 1. The van der Waals surface area contributed by atoms with Crippen LogP contribution in [0.15, 0.2) is 24.3 Å². The number of nitrogens with two attached hydrogens (primary N) is 1. The zero-order valence-electron chi connectivity index (χ0n) is 15.0. The summed E-state index contributed by atoms with van der Waals surface area (Å²) in [7, 11) is 0. The van der Waals surface area contributed by atoms with Crippen LogP contribution in [0.3, 0.4) is 0 Å². The molecule has 0 saturated carbocycles. The standard InChI is InChI=1S/C18H25ClN4O3/c1-3-5-9-14(24)11-23-16(20)15(18(25)26-4-2)17(22-23)21-13-8-6-7-12(19)10-13/h6-8,10,14,24H,3-5,9,11,20H2,1-2H3,(H,21,22). The summed E-state index contributed by atoms with van der Waals surface area (Å²) in [6, 6.07) is 7.04. The number of nitrogen functional groups attached to an aromatic ring is 1. The van der Waals surface area contributed by atoms with Gasteiger partial charge in [0.2, 0.25) is 0 Å². The molecule has 1 aromatic carbocycles. The van der Waals surface area contributed by atoms with Crippen LogP contribution >= 0.6 is 11.6 Å². The number of nitrogens with zero attached hydrogens (tertiary/aromatic N) is 2. The number of anilines is 3. The predicted octanol–water partition coefficient (Wildman–Crippen LogP) is 3.59. The lowest BCUT2D eigenvalue weighted by atomic mass is 10.1. The fourth-order valence-corrected chi connectivity index (χ4v) is 2.73. The molecule has 0 fully saturated rings. The van der Waals surface area contributed by atoms with Crippen molar-refractivity contribution in [1.82, 2.24) is 9.78 Å². The van der Waals surface area contributed by atoms with Crippen LogP contribution in [0.25, 0.3) is 0 Å². The van der Waals surface area contributed by atoms with Gasteiger partial charge in [0, 0.05) is 10.7 Å². The lowest BCUT2D eigenvalue weighted by Crippen LogP contribution is -2.19. The Morgan fingerprint density at radius 3 is 2.88 bits per heavy atom. The molecule has 142 valence electrons. The number of rotatable bonds is 9. The maximum absolute atomic E-state index is 12.3. The Balaban J connectivity index is 2.32. The molecule has 0 amide bonds. The van der Waals surface area contributed by atoms with Gasteiger partial charge in [0.25, 0.3) is 0 Å². The van der Waals surface area contributed by atoms with Gasteiger partial charge < -0.3 is 20.9 Å². The zero-order chi connectivity index (χ0) is 19.1. The molecule has 0 bridgehead atoms. The topological polar surface area (TPSA) is 102 Å². The first-order valence-corrected chi connectivity index (χ1v) is 9.08. The molecule has 0 aliphatic rings. The second-order valence-electron chi connectivity index (χ2n) is 5.94. The van der Waals surface area contributed by atoms with Gasteiger partial charge in [0.15, 0.2) is 5.82 Å². The molecule has 0 aliphatic heterocycles. The minimum atomic E-state index is -0.591. The summed E-state index contributed by atoms with van der Waals surface area (Å²) in [6.07, 6.45) is 1.94. The summed E-state index contributed by atoms with van der Waals surface area (Å²) >= 11 is 6.00. The summed E-state index contributed by atoms with van der Waals surface area (Å²) in [5.74, 6) is -0.140. The van der Waals surface area contributed by atoms with Crippen LogP contribution in [0.4, 0.5) is 17.3 Å². The number of nitrogens with one attached hydrogen (secondary N) is 1. The maximum Gasteiger partial charge on any atom is 0.345 e. The molecule has 2 aromatic rings.